The molecular formula is C19H21IN2O3S. The van der Waals surface area contributed by atoms with E-state index in [-0.39, 0.29) is 11.7 Å². The maximum absolute atomic E-state index is 12.5. The van der Waals surface area contributed by atoms with Gasteiger partial charge in [-0.2, -0.15) is 4.31 Å². The second-order valence-corrected chi connectivity index (χ2v) is 9.57. The van der Waals surface area contributed by atoms with Gasteiger partial charge in [-0.05, 0) is 70.8 Å². The Kier molecular flexibility index (Phi) is 5.99. The molecule has 2 aromatic carbocycles. The number of fused-ring (bicyclic) bond motifs is 1. The molecule has 1 aliphatic heterocycles. The monoisotopic (exact) mass is 484 g/mol. The van der Waals surface area contributed by atoms with Gasteiger partial charge >= 0.3 is 0 Å². The number of benzene rings is 2. The Morgan fingerprint density at radius 1 is 1.19 bits per heavy atom. The first-order valence-corrected chi connectivity index (χ1v) is 11.2. The fraction of sp³-hybridized carbons (Fsp3) is 0.316. The Hall–Kier alpha value is -1.45. The highest BCUT2D eigenvalue weighted by Gasteiger charge is 2.26. The van der Waals surface area contributed by atoms with Crippen LogP contribution >= 0.6 is 22.6 Å². The Balaban J connectivity index is 1.79. The van der Waals surface area contributed by atoms with Gasteiger partial charge in [-0.25, -0.2) is 8.42 Å². The van der Waals surface area contributed by atoms with Crippen molar-refractivity contribution in [3.63, 3.8) is 0 Å². The lowest BCUT2D eigenvalue weighted by atomic mass is 10.0. The van der Waals surface area contributed by atoms with Gasteiger partial charge in [0.1, 0.15) is 0 Å². The number of anilines is 1. The standard InChI is InChI=1S/C19H21IN2O3S/c1-2-11-26(24,25)22-10-9-14-7-8-16(12-15(14)13-22)21-19(23)17-5-3-4-6-18(17)20/h3-8,12H,2,9-11,13H2,1H3,(H,21,23). The molecule has 1 heterocycles. The summed E-state index contributed by atoms with van der Waals surface area (Å²) in [6, 6.07) is 13.1. The summed E-state index contributed by atoms with van der Waals surface area (Å²) in [7, 11) is -3.22. The zero-order valence-corrected chi connectivity index (χ0v) is 17.5. The van der Waals surface area contributed by atoms with E-state index >= 15 is 0 Å². The lowest BCUT2D eigenvalue weighted by Gasteiger charge is -2.28. The first kappa shape index (κ1) is 19.3. The number of carbonyl (C=O) groups is 1. The third kappa shape index (κ3) is 4.27. The van der Waals surface area contributed by atoms with Crippen LogP contribution in [0.15, 0.2) is 42.5 Å². The van der Waals surface area contributed by atoms with E-state index < -0.39 is 10.0 Å². The highest BCUT2D eigenvalue weighted by molar-refractivity contribution is 14.1. The molecule has 0 spiro atoms. The molecule has 1 amide bonds. The van der Waals surface area contributed by atoms with Gasteiger partial charge in [-0.15, -0.1) is 0 Å². The summed E-state index contributed by atoms with van der Waals surface area (Å²) in [5.74, 6) is 0.00629. The van der Waals surface area contributed by atoms with E-state index in [1.165, 1.54) is 0 Å². The Morgan fingerprint density at radius 3 is 2.69 bits per heavy atom. The second kappa shape index (κ2) is 8.06. The van der Waals surface area contributed by atoms with E-state index in [1.54, 1.807) is 10.4 Å². The van der Waals surface area contributed by atoms with Crippen LogP contribution in [0.1, 0.15) is 34.8 Å². The summed E-state index contributed by atoms with van der Waals surface area (Å²) >= 11 is 2.14. The average molecular weight is 484 g/mol. The van der Waals surface area contributed by atoms with E-state index in [0.29, 0.717) is 37.2 Å². The van der Waals surface area contributed by atoms with Gasteiger partial charge in [0.25, 0.3) is 5.91 Å². The number of halogens is 1. The van der Waals surface area contributed by atoms with Crippen molar-refractivity contribution in [3.8, 4) is 0 Å². The van der Waals surface area contributed by atoms with E-state index in [4.69, 9.17) is 0 Å². The maximum atomic E-state index is 12.5. The van der Waals surface area contributed by atoms with E-state index in [0.717, 1.165) is 14.7 Å². The predicted octanol–water partition coefficient (Wildman–Crippen LogP) is 3.64. The van der Waals surface area contributed by atoms with Crippen molar-refractivity contribution >= 4 is 44.2 Å². The maximum Gasteiger partial charge on any atom is 0.256 e. The molecule has 0 atom stereocenters. The van der Waals surface area contributed by atoms with Crippen molar-refractivity contribution < 1.29 is 13.2 Å². The Labute approximate surface area is 168 Å². The molecule has 0 radical (unpaired) electrons. The number of amides is 1. The lowest BCUT2D eigenvalue weighted by molar-refractivity contribution is 0.102. The topological polar surface area (TPSA) is 66.5 Å². The second-order valence-electron chi connectivity index (χ2n) is 6.32. The summed E-state index contributed by atoms with van der Waals surface area (Å²) in [6.45, 7) is 2.75. The average Bonchev–Trinajstić information content (AvgIpc) is 2.61. The van der Waals surface area contributed by atoms with E-state index in [2.05, 4.69) is 27.9 Å². The molecule has 5 nitrogen and oxygen atoms in total. The molecule has 0 saturated carbocycles. The van der Waals surface area contributed by atoms with Gasteiger partial charge in [0, 0.05) is 22.3 Å². The smallest absolute Gasteiger partial charge is 0.256 e. The van der Waals surface area contributed by atoms with Crippen molar-refractivity contribution in [2.45, 2.75) is 26.3 Å². The molecule has 26 heavy (non-hydrogen) atoms. The van der Waals surface area contributed by atoms with Gasteiger partial charge in [0.2, 0.25) is 10.0 Å². The third-order valence-corrected chi connectivity index (χ3v) is 7.38. The van der Waals surface area contributed by atoms with E-state index in [1.807, 2.05) is 43.3 Å². The van der Waals surface area contributed by atoms with Crippen LogP contribution in [-0.2, 0) is 23.0 Å². The van der Waals surface area contributed by atoms with Crippen LogP contribution in [0, 0.1) is 3.57 Å². The minimum atomic E-state index is -3.22. The molecule has 1 aliphatic rings. The van der Waals surface area contributed by atoms with Crippen LogP contribution in [0.2, 0.25) is 0 Å². The number of nitrogens with zero attached hydrogens (tertiary/aromatic N) is 1. The Bertz CT molecular complexity index is 928. The van der Waals surface area contributed by atoms with Crippen LogP contribution in [0.5, 0.6) is 0 Å². The van der Waals surface area contributed by atoms with Crippen molar-refractivity contribution in [1.29, 1.82) is 0 Å². The van der Waals surface area contributed by atoms with Gasteiger partial charge < -0.3 is 5.32 Å². The number of hydrogen-bond donors (Lipinski definition) is 1. The van der Waals surface area contributed by atoms with Gasteiger partial charge in [0.05, 0.1) is 11.3 Å². The highest BCUT2D eigenvalue weighted by atomic mass is 127. The summed E-state index contributed by atoms with van der Waals surface area (Å²) in [6.07, 6.45) is 1.31. The van der Waals surface area contributed by atoms with Crippen LogP contribution < -0.4 is 5.32 Å². The number of nitrogens with one attached hydrogen (secondary N) is 1. The highest BCUT2D eigenvalue weighted by Crippen LogP contribution is 2.25. The third-order valence-electron chi connectivity index (χ3n) is 4.42. The van der Waals surface area contributed by atoms with Gasteiger partial charge in [-0.3, -0.25) is 4.79 Å². The molecule has 0 saturated heterocycles. The van der Waals surface area contributed by atoms with Crippen LogP contribution in [0.4, 0.5) is 5.69 Å². The van der Waals surface area contributed by atoms with Crippen LogP contribution in [0.3, 0.4) is 0 Å². The summed E-state index contributed by atoms with van der Waals surface area (Å²) in [5, 5.41) is 2.92. The number of rotatable bonds is 5. The first-order valence-electron chi connectivity index (χ1n) is 8.56. The summed E-state index contributed by atoms with van der Waals surface area (Å²) < 4.78 is 27.1. The quantitative estimate of drug-likeness (QED) is 0.660. The first-order chi connectivity index (χ1) is 12.4. The summed E-state index contributed by atoms with van der Waals surface area (Å²) in [4.78, 5) is 12.5. The van der Waals surface area contributed by atoms with Crippen molar-refractivity contribution in [1.82, 2.24) is 4.31 Å². The molecule has 0 unspecified atom stereocenters. The molecule has 0 fully saturated rings. The molecule has 3 rings (SSSR count). The zero-order chi connectivity index (χ0) is 18.7. The number of hydrogen-bond acceptors (Lipinski definition) is 3. The van der Waals surface area contributed by atoms with Crippen LogP contribution in [0.25, 0.3) is 0 Å². The fourth-order valence-corrected chi connectivity index (χ4v) is 5.19. The number of sulfonamides is 1. The SMILES string of the molecule is CCCS(=O)(=O)N1CCc2ccc(NC(=O)c3ccccc3I)cc2C1. The molecule has 0 aromatic heterocycles. The molecular weight excluding hydrogens is 463 g/mol. The predicted molar refractivity (Wildman–Crippen MR) is 112 cm³/mol. The molecule has 0 aliphatic carbocycles. The molecule has 7 heteroatoms. The van der Waals surface area contributed by atoms with Crippen molar-refractivity contribution in [3.05, 3.63) is 62.7 Å². The lowest BCUT2D eigenvalue weighted by Crippen LogP contribution is -2.37. The van der Waals surface area contributed by atoms with Crippen molar-refractivity contribution in [2.75, 3.05) is 17.6 Å². The minimum absolute atomic E-state index is 0.166. The normalized spacial score (nSPS) is 14.7. The minimum Gasteiger partial charge on any atom is -0.322 e. The molecule has 2 aromatic rings. The van der Waals surface area contributed by atoms with Gasteiger partial charge in [0.15, 0.2) is 0 Å². The molecule has 0 bridgehead atoms. The molecule has 138 valence electrons. The summed E-state index contributed by atoms with van der Waals surface area (Å²) in [5.41, 5.74) is 3.40. The van der Waals surface area contributed by atoms with Crippen molar-refractivity contribution in [2.24, 2.45) is 0 Å². The largest absolute Gasteiger partial charge is 0.322 e. The fourth-order valence-electron chi connectivity index (χ4n) is 3.08. The number of carbonyl (C=O) groups excluding carboxylic acids is 1. The molecule has 1 N–H and O–H groups in total. The van der Waals surface area contributed by atoms with Gasteiger partial charge in [-0.1, -0.05) is 25.1 Å². The van der Waals surface area contributed by atoms with E-state index in [9.17, 15) is 13.2 Å². The van der Waals surface area contributed by atoms with Crippen LogP contribution in [-0.4, -0.2) is 30.9 Å². The Morgan fingerprint density at radius 2 is 1.96 bits per heavy atom. The zero-order valence-electron chi connectivity index (χ0n) is 14.5.